The third-order valence-corrected chi connectivity index (χ3v) is 6.70. The van der Waals surface area contributed by atoms with Crippen molar-refractivity contribution in [1.82, 2.24) is 24.9 Å². The molecule has 0 aliphatic carbocycles. The maximum absolute atomic E-state index is 5.05. The van der Waals surface area contributed by atoms with Gasteiger partial charge in [0.1, 0.15) is 0 Å². The molecule has 0 radical (unpaired) electrons. The number of fused-ring (bicyclic) bond motifs is 3. The number of aromatic nitrogens is 5. The second-order valence-electron chi connectivity index (χ2n) is 9.09. The van der Waals surface area contributed by atoms with Crippen LogP contribution in [0.5, 0.6) is 0 Å². The van der Waals surface area contributed by atoms with Crippen LogP contribution in [0.1, 0.15) is 0 Å². The largest absolute Gasteiger partial charge is 0.265 e. The van der Waals surface area contributed by atoms with Gasteiger partial charge in [0, 0.05) is 58.4 Å². The molecule has 0 atom stereocenters. The Kier molecular flexibility index (Phi) is 5.37. The molecule has 0 bridgehead atoms. The van der Waals surface area contributed by atoms with E-state index in [-0.39, 0.29) is 0 Å². The van der Waals surface area contributed by atoms with Gasteiger partial charge in [-0.2, -0.15) is 0 Å². The lowest BCUT2D eigenvalue weighted by atomic mass is 9.98. The summed E-state index contributed by atoms with van der Waals surface area (Å²) in [4.78, 5) is 23.0. The molecule has 0 aliphatic heterocycles. The van der Waals surface area contributed by atoms with Crippen LogP contribution in [-0.2, 0) is 0 Å². The fraction of sp³-hybridized carbons (Fsp3) is 0. The molecular weight excluding hydrogens is 466 g/mol. The lowest BCUT2D eigenvalue weighted by Gasteiger charge is -2.11. The fourth-order valence-electron chi connectivity index (χ4n) is 4.78. The molecule has 38 heavy (non-hydrogen) atoms. The van der Waals surface area contributed by atoms with Crippen molar-refractivity contribution in [3.63, 3.8) is 0 Å². The summed E-state index contributed by atoms with van der Waals surface area (Å²) in [6.45, 7) is 0. The third kappa shape index (κ3) is 4.06. The van der Waals surface area contributed by atoms with Gasteiger partial charge < -0.3 is 0 Å². The van der Waals surface area contributed by atoms with Gasteiger partial charge in [-0.3, -0.25) is 15.0 Å². The highest BCUT2D eigenvalue weighted by Gasteiger charge is 2.11. The Labute approximate surface area is 219 Å². The molecule has 0 N–H and O–H groups in total. The molecule has 0 unspecified atom stereocenters. The molecular formula is C33H21N5. The van der Waals surface area contributed by atoms with E-state index in [4.69, 9.17) is 9.97 Å². The maximum atomic E-state index is 5.05. The van der Waals surface area contributed by atoms with Crippen molar-refractivity contribution in [2.45, 2.75) is 0 Å². The Hall–Kier alpha value is -5.29. The number of hydrogen-bond acceptors (Lipinski definition) is 5. The fourth-order valence-corrected chi connectivity index (χ4v) is 4.78. The van der Waals surface area contributed by atoms with Crippen LogP contribution in [0, 0.1) is 0 Å². The van der Waals surface area contributed by atoms with Gasteiger partial charge in [0.2, 0.25) is 0 Å². The first kappa shape index (κ1) is 21.9. The van der Waals surface area contributed by atoms with Crippen LogP contribution in [0.3, 0.4) is 0 Å². The van der Waals surface area contributed by atoms with Crippen molar-refractivity contribution in [3.05, 3.63) is 128 Å². The molecule has 5 heteroatoms. The summed E-state index contributed by atoms with van der Waals surface area (Å²) in [6.07, 6.45) is 8.99. The number of benzene rings is 2. The predicted octanol–water partition coefficient (Wildman–Crippen LogP) is 7.64. The second-order valence-corrected chi connectivity index (χ2v) is 9.09. The van der Waals surface area contributed by atoms with Crippen molar-refractivity contribution in [2.75, 3.05) is 0 Å². The molecule has 7 rings (SSSR count). The van der Waals surface area contributed by atoms with Crippen LogP contribution in [0.4, 0.5) is 0 Å². The Balaban J connectivity index is 1.37. The minimum atomic E-state index is 0.892. The highest BCUT2D eigenvalue weighted by atomic mass is 14.8. The summed E-state index contributed by atoms with van der Waals surface area (Å²) in [7, 11) is 0. The lowest BCUT2D eigenvalue weighted by Crippen LogP contribution is -1.92. The summed E-state index contributed by atoms with van der Waals surface area (Å²) in [5.41, 5.74) is 9.78. The molecule has 0 amide bonds. The summed E-state index contributed by atoms with van der Waals surface area (Å²) >= 11 is 0. The first-order valence-corrected chi connectivity index (χ1v) is 12.4. The van der Waals surface area contributed by atoms with Crippen LogP contribution in [0.15, 0.2) is 128 Å². The zero-order chi connectivity index (χ0) is 25.3. The molecule has 0 saturated carbocycles. The van der Waals surface area contributed by atoms with Crippen LogP contribution in [-0.4, -0.2) is 24.9 Å². The minimum Gasteiger partial charge on any atom is -0.265 e. The molecule has 5 nitrogen and oxygen atoms in total. The Morgan fingerprint density at radius 3 is 1.71 bits per heavy atom. The zero-order valence-electron chi connectivity index (χ0n) is 20.4. The molecule has 0 spiro atoms. The van der Waals surface area contributed by atoms with Gasteiger partial charge in [0.15, 0.2) is 0 Å². The highest BCUT2D eigenvalue weighted by Crippen LogP contribution is 2.33. The summed E-state index contributed by atoms with van der Waals surface area (Å²) in [5, 5.41) is 2.16. The quantitative estimate of drug-likeness (QED) is 0.239. The van der Waals surface area contributed by atoms with Crippen LogP contribution in [0.2, 0.25) is 0 Å². The Morgan fingerprint density at radius 1 is 0.368 bits per heavy atom. The zero-order valence-corrected chi connectivity index (χ0v) is 20.4. The summed E-state index contributed by atoms with van der Waals surface area (Å²) in [5.74, 6) is 0. The lowest BCUT2D eigenvalue weighted by molar-refractivity contribution is 1.27. The van der Waals surface area contributed by atoms with Crippen molar-refractivity contribution in [3.8, 4) is 44.9 Å². The van der Waals surface area contributed by atoms with E-state index < -0.39 is 0 Å². The monoisotopic (exact) mass is 487 g/mol. The van der Waals surface area contributed by atoms with E-state index in [0.717, 1.165) is 66.7 Å². The van der Waals surface area contributed by atoms with E-state index in [1.54, 1.807) is 24.8 Å². The van der Waals surface area contributed by atoms with E-state index in [0.29, 0.717) is 0 Å². The van der Waals surface area contributed by atoms with Gasteiger partial charge >= 0.3 is 0 Å². The van der Waals surface area contributed by atoms with Gasteiger partial charge in [-0.15, -0.1) is 0 Å². The molecule has 5 aromatic heterocycles. The van der Waals surface area contributed by atoms with E-state index in [2.05, 4.69) is 81.7 Å². The van der Waals surface area contributed by atoms with E-state index >= 15 is 0 Å². The number of pyridine rings is 5. The van der Waals surface area contributed by atoms with Gasteiger partial charge in [0.05, 0.1) is 28.1 Å². The van der Waals surface area contributed by atoms with Crippen molar-refractivity contribution >= 4 is 21.8 Å². The van der Waals surface area contributed by atoms with Crippen LogP contribution >= 0.6 is 0 Å². The molecule has 5 heterocycles. The highest BCUT2D eigenvalue weighted by molar-refractivity contribution is 6.03. The molecule has 0 fully saturated rings. The van der Waals surface area contributed by atoms with Crippen molar-refractivity contribution in [1.29, 1.82) is 0 Å². The van der Waals surface area contributed by atoms with Gasteiger partial charge in [-0.05, 0) is 65.7 Å². The molecule has 0 aliphatic rings. The Morgan fingerprint density at radius 2 is 1.00 bits per heavy atom. The first-order chi connectivity index (χ1) is 18.8. The standard InChI is InChI=1S/C33H21N5/c1-3-26(19-27(4-1)29-9-8-25-7-6-24-5-2-14-36-32(24)33(25)38-29)28-20-30(22-10-15-34-16-11-22)37-31(21-28)23-12-17-35-18-13-23/h1-21H. The first-order valence-electron chi connectivity index (χ1n) is 12.4. The number of hydrogen-bond donors (Lipinski definition) is 0. The summed E-state index contributed by atoms with van der Waals surface area (Å²) < 4.78 is 0. The Bertz CT molecular complexity index is 1860. The van der Waals surface area contributed by atoms with E-state index in [1.807, 2.05) is 36.5 Å². The van der Waals surface area contributed by atoms with Crippen LogP contribution < -0.4 is 0 Å². The van der Waals surface area contributed by atoms with Gasteiger partial charge in [-0.25, -0.2) is 9.97 Å². The molecule has 7 aromatic rings. The van der Waals surface area contributed by atoms with Crippen molar-refractivity contribution < 1.29 is 0 Å². The second kappa shape index (κ2) is 9.30. The van der Waals surface area contributed by atoms with E-state index in [1.165, 1.54) is 0 Å². The average molecular weight is 488 g/mol. The number of rotatable bonds is 4. The summed E-state index contributed by atoms with van der Waals surface area (Å²) in [6, 6.07) is 33.1. The SMILES string of the molecule is c1cc(-c2cc(-c3ccncc3)nc(-c3ccncc3)c2)cc(-c2ccc3ccc4cccnc4c3n2)c1. The van der Waals surface area contributed by atoms with Gasteiger partial charge in [-0.1, -0.05) is 42.5 Å². The van der Waals surface area contributed by atoms with Gasteiger partial charge in [0.25, 0.3) is 0 Å². The number of nitrogens with zero attached hydrogens (tertiary/aromatic N) is 5. The minimum absolute atomic E-state index is 0.892. The maximum Gasteiger partial charge on any atom is 0.0972 e. The van der Waals surface area contributed by atoms with Crippen LogP contribution in [0.25, 0.3) is 66.7 Å². The normalized spacial score (nSPS) is 11.2. The topological polar surface area (TPSA) is 64.5 Å². The van der Waals surface area contributed by atoms with E-state index in [9.17, 15) is 0 Å². The predicted molar refractivity (Wildman–Crippen MR) is 152 cm³/mol. The van der Waals surface area contributed by atoms with Crippen molar-refractivity contribution in [2.24, 2.45) is 0 Å². The molecule has 2 aromatic carbocycles. The average Bonchev–Trinajstić information content (AvgIpc) is 3.01. The molecule has 0 saturated heterocycles. The third-order valence-electron chi connectivity index (χ3n) is 6.70. The smallest absolute Gasteiger partial charge is 0.0972 e. The molecule has 178 valence electrons.